The molecule has 0 aromatic carbocycles. The maximum Gasteiger partial charge on any atom is -0.0348 e. The van der Waals surface area contributed by atoms with Gasteiger partial charge in [0.1, 0.15) is 0 Å². The Kier molecular flexibility index (Phi) is 2.66. The molecule has 4 heavy (non-hydrogen) atoms. The molecule has 0 nitrogen and oxygen atoms in total. The van der Waals surface area contributed by atoms with Crippen LogP contribution < -0.4 is 0 Å². The Balaban J connectivity index is 2.32. The Morgan fingerprint density at radius 3 is 1.50 bits per heavy atom. The summed E-state index contributed by atoms with van der Waals surface area (Å²) in [6.45, 7) is 4.49. The zero-order valence-corrected chi connectivity index (χ0v) is 5.31. The standard InChI is InChI=1S/C2H6BrP/c1-4(2)3/h1-2H3. The lowest BCUT2D eigenvalue weighted by Gasteiger charge is -1.77. The molecule has 0 saturated carbocycles. The van der Waals surface area contributed by atoms with Gasteiger partial charge >= 0.3 is 0 Å². The third-order valence-corrected chi connectivity index (χ3v) is 0. The third kappa shape index (κ3) is 12.8. The zero-order chi connectivity index (χ0) is 3.58. The molecule has 26 valence electrons. The molecule has 0 N–H and O–H groups in total. The minimum Gasteiger partial charge on any atom is -0.0611 e. The smallest absolute Gasteiger partial charge is 0.0348 e. The number of rotatable bonds is 0. The molecule has 0 fully saturated rings. The Hall–Kier alpha value is 0.910. The SMILES string of the molecule is CP(C)Br. The molecular weight excluding hydrogens is 135 g/mol. The summed E-state index contributed by atoms with van der Waals surface area (Å²) in [6.07, 6.45) is 0. The second-order valence-electron chi connectivity index (χ2n) is 0.785. The van der Waals surface area contributed by atoms with Crippen LogP contribution in [0.5, 0.6) is 0 Å². The van der Waals surface area contributed by atoms with Crippen LogP contribution >= 0.6 is 22.1 Å². The molecule has 0 radical (unpaired) electrons. The van der Waals surface area contributed by atoms with E-state index in [1.807, 2.05) is 0 Å². The van der Waals surface area contributed by atoms with Crippen LogP contribution in [-0.2, 0) is 0 Å². The molecule has 0 saturated heterocycles. The fourth-order valence-electron chi connectivity index (χ4n) is 0. The molecule has 0 bridgehead atoms. The van der Waals surface area contributed by atoms with Gasteiger partial charge in [-0.05, 0) is 20.0 Å². The van der Waals surface area contributed by atoms with Gasteiger partial charge in [0, 0.05) is 0 Å². The molecule has 0 heterocycles. The van der Waals surface area contributed by atoms with Crippen LogP contribution in [0, 0.1) is 0 Å². The molecule has 0 aromatic rings. The van der Waals surface area contributed by atoms with Crippen molar-refractivity contribution in [2.24, 2.45) is 0 Å². The van der Waals surface area contributed by atoms with Crippen LogP contribution in [-0.4, -0.2) is 13.3 Å². The first-order valence-corrected chi connectivity index (χ1v) is 5.32. The van der Waals surface area contributed by atoms with Crippen LogP contribution in [0.4, 0.5) is 0 Å². The van der Waals surface area contributed by atoms with Crippen LogP contribution in [0.25, 0.3) is 0 Å². The first kappa shape index (κ1) is 4.91. The van der Waals surface area contributed by atoms with Gasteiger partial charge in [0.05, 0.1) is 0 Å². The van der Waals surface area contributed by atoms with Crippen molar-refractivity contribution in [3.05, 3.63) is 0 Å². The highest BCUT2D eigenvalue weighted by molar-refractivity contribution is 9.39. The number of halogens is 1. The van der Waals surface area contributed by atoms with Crippen molar-refractivity contribution < 1.29 is 0 Å². The first-order chi connectivity index (χ1) is 1.73. The topological polar surface area (TPSA) is 0 Å². The summed E-state index contributed by atoms with van der Waals surface area (Å²) in [6, 6.07) is 0. The van der Waals surface area contributed by atoms with Gasteiger partial charge in [-0.15, -0.1) is 0 Å². The molecular formula is C2H6BrP. The van der Waals surface area contributed by atoms with Crippen molar-refractivity contribution in [2.45, 2.75) is 0 Å². The van der Waals surface area contributed by atoms with E-state index < -0.39 is 0 Å². The Bertz CT molecular complexity index is 10.8. The Morgan fingerprint density at radius 1 is 1.50 bits per heavy atom. The van der Waals surface area contributed by atoms with Gasteiger partial charge in [0.15, 0.2) is 0 Å². The summed E-state index contributed by atoms with van der Waals surface area (Å²) in [5, 5.41) is 0. The van der Waals surface area contributed by atoms with Gasteiger partial charge in [0.2, 0.25) is 0 Å². The first-order valence-electron chi connectivity index (χ1n) is 1.06. The third-order valence-electron chi connectivity index (χ3n) is 0. The average Bonchev–Trinajstić information content (AvgIpc) is 0.811. The molecule has 0 aliphatic heterocycles. The van der Waals surface area contributed by atoms with E-state index in [4.69, 9.17) is 0 Å². The fourth-order valence-corrected chi connectivity index (χ4v) is 0. The highest BCUT2D eigenvalue weighted by atomic mass is 79.9. The van der Waals surface area contributed by atoms with Gasteiger partial charge in [-0.2, -0.15) is 0 Å². The van der Waals surface area contributed by atoms with Gasteiger partial charge in [-0.3, -0.25) is 0 Å². The van der Waals surface area contributed by atoms with E-state index in [0.717, 1.165) is 0 Å². The largest absolute Gasteiger partial charge is 0.0611 e. The van der Waals surface area contributed by atoms with Crippen molar-refractivity contribution in [1.82, 2.24) is 0 Å². The maximum absolute atomic E-state index is 3.34. The zero-order valence-electron chi connectivity index (χ0n) is 2.83. The molecule has 0 amide bonds. The molecule has 0 aliphatic rings. The molecule has 0 spiro atoms. The Labute approximate surface area is 36.1 Å². The minimum absolute atomic E-state index is 0.192. The monoisotopic (exact) mass is 140 g/mol. The van der Waals surface area contributed by atoms with Crippen LogP contribution in [0.15, 0.2) is 0 Å². The second kappa shape index (κ2) is 2.17. The minimum atomic E-state index is 0.192. The molecule has 0 rings (SSSR count). The van der Waals surface area contributed by atoms with Crippen LogP contribution in [0.2, 0.25) is 0 Å². The molecule has 0 aromatic heterocycles. The summed E-state index contributed by atoms with van der Waals surface area (Å²) in [5.41, 5.74) is 0. The molecule has 2 heteroatoms. The van der Waals surface area contributed by atoms with E-state index >= 15 is 0 Å². The van der Waals surface area contributed by atoms with E-state index in [1.54, 1.807) is 0 Å². The molecule has 0 atom stereocenters. The van der Waals surface area contributed by atoms with Gasteiger partial charge in [0.25, 0.3) is 0 Å². The van der Waals surface area contributed by atoms with E-state index in [9.17, 15) is 0 Å². The van der Waals surface area contributed by atoms with Crippen molar-refractivity contribution in [1.29, 1.82) is 0 Å². The second-order valence-corrected chi connectivity index (χ2v) is 6.61. The van der Waals surface area contributed by atoms with Crippen LogP contribution in [0.3, 0.4) is 0 Å². The van der Waals surface area contributed by atoms with Crippen molar-refractivity contribution in [3.63, 3.8) is 0 Å². The molecule has 0 unspecified atom stereocenters. The highest BCUT2D eigenvalue weighted by Crippen LogP contribution is 2.33. The van der Waals surface area contributed by atoms with Crippen molar-refractivity contribution in [3.8, 4) is 0 Å². The van der Waals surface area contributed by atoms with E-state index in [1.165, 1.54) is 0 Å². The normalized spacial score (nSPS) is 9.00. The summed E-state index contributed by atoms with van der Waals surface area (Å²) in [4.78, 5) is 0. The fraction of sp³-hybridized carbons (Fsp3) is 1.00. The van der Waals surface area contributed by atoms with Gasteiger partial charge in [-0.25, -0.2) is 0 Å². The van der Waals surface area contributed by atoms with E-state index in [2.05, 4.69) is 28.8 Å². The van der Waals surface area contributed by atoms with E-state index in [-0.39, 0.29) is 6.62 Å². The Morgan fingerprint density at radius 2 is 1.50 bits per heavy atom. The summed E-state index contributed by atoms with van der Waals surface area (Å²) < 4.78 is 0. The summed E-state index contributed by atoms with van der Waals surface area (Å²) in [5.74, 6) is 0. The summed E-state index contributed by atoms with van der Waals surface area (Å²) in [7, 11) is 0. The lowest BCUT2D eigenvalue weighted by atomic mass is 11.9. The van der Waals surface area contributed by atoms with Gasteiger partial charge in [-0.1, -0.05) is 15.5 Å². The lowest BCUT2D eigenvalue weighted by Crippen LogP contribution is -1.34. The maximum atomic E-state index is 3.34. The lowest BCUT2D eigenvalue weighted by molar-refractivity contribution is 2.31. The predicted octanol–water partition coefficient (Wildman–Crippen LogP) is 2.04. The highest BCUT2D eigenvalue weighted by Gasteiger charge is 1.69. The predicted molar refractivity (Wildman–Crippen MR) is 27.7 cm³/mol. The summed E-state index contributed by atoms with van der Waals surface area (Å²) >= 11 is 3.34. The average molecular weight is 141 g/mol. The van der Waals surface area contributed by atoms with Gasteiger partial charge < -0.3 is 0 Å². The van der Waals surface area contributed by atoms with Crippen molar-refractivity contribution in [2.75, 3.05) is 13.3 Å². The van der Waals surface area contributed by atoms with Crippen molar-refractivity contribution >= 4 is 22.1 Å². The van der Waals surface area contributed by atoms with Crippen LogP contribution in [0.1, 0.15) is 0 Å². The van der Waals surface area contributed by atoms with E-state index in [0.29, 0.717) is 0 Å². The quantitative estimate of drug-likeness (QED) is 0.452. The number of hydrogen-bond donors (Lipinski definition) is 0. The molecule has 0 aliphatic carbocycles. The number of hydrogen-bond acceptors (Lipinski definition) is 0.